The monoisotopic (exact) mass is 193 g/mol. The molecule has 1 unspecified atom stereocenters. The number of nitrogens with two attached hydrogens (primary N) is 1. The van der Waals surface area contributed by atoms with Crippen LogP contribution < -0.4 is 10.5 Å². The fourth-order valence-corrected chi connectivity index (χ4v) is 1.79. The van der Waals surface area contributed by atoms with Crippen LogP contribution in [-0.4, -0.2) is 24.4 Å². The molecular weight excluding hydrogens is 178 g/mol. The maximum atomic E-state index is 9.60. The Kier molecular flexibility index (Phi) is 2.70. The van der Waals surface area contributed by atoms with Crippen molar-refractivity contribution >= 4 is 0 Å². The lowest BCUT2D eigenvalue weighted by atomic mass is 9.92. The zero-order valence-electron chi connectivity index (χ0n) is 8.02. The summed E-state index contributed by atoms with van der Waals surface area (Å²) in [6.45, 7) is 0.867. The number of para-hydroxylation sites is 1. The summed E-state index contributed by atoms with van der Waals surface area (Å²) in [7, 11) is 0. The van der Waals surface area contributed by atoms with Gasteiger partial charge < -0.3 is 15.6 Å². The predicted octanol–water partition coefficient (Wildman–Crippen LogP) is 0.557. The second kappa shape index (κ2) is 3.98. The average molecular weight is 193 g/mol. The fourth-order valence-electron chi connectivity index (χ4n) is 1.79. The van der Waals surface area contributed by atoms with Crippen LogP contribution in [0.2, 0.25) is 0 Å². The largest absolute Gasteiger partial charge is 0.493 e. The molecule has 14 heavy (non-hydrogen) atoms. The van der Waals surface area contributed by atoms with Crippen LogP contribution in [-0.2, 0) is 6.42 Å². The number of aliphatic hydroxyl groups is 1. The Hall–Kier alpha value is -1.06. The van der Waals surface area contributed by atoms with Gasteiger partial charge in [0.1, 0.15) is 5.75 Å². The summed E-state index contributed by atoms with van der Waals surface area (Å²) in [6.07, 6.45) is 0.400. The molecule has 3 heteroatoms. The number of ether oxygens (including phenoxy) is 1. The van der Waals surface area contributed by atoms with Gasteiger partial charge in [0, 0.05) is 12.5 Å². The van der Waals surface area contributed by atoms with Crippen molar-refractivity contribution in [3.05, 3.63) is 29.8 Å². The number of fused-ring (bicyclic) bond motifs is 1. The van der Waals surface area contributed by atoms with E-state index in [0.29, 0.717) is 13.2 Å². The minimum atomic E-state index is -0.455. The summed E-state index contributed by atoms with van der Waals surface area (Å²) < 4.78 is 5.54. The van der Waals surface area contributed by atoms with Crippen molar-refractivity contribution in [2.75, 3.05) is 13.2 Å². The first-order chi connectivity index (χ1) is 6.81. The van der Waals surface area contributed by atoms with Crippen LogP contribution in [0.5, 0.6) is 5.75 Å². The number of rotatable bonds is 2. The van der Waals surface area contributed by atoms with Crippen molar-refractivity contribution < 1.29 is 9.84 Å². The highest BCUT2D eigenvalue weighted by molar-refractivity contribution is 5.35. The molecule has 0 aromatic heterocycles. The van der Waals surface area contributed by atoms with Crippen LogP contribution in [0.4, 0.5) is 0 Å². The maximum Gasteiger partial charge on any atom is 0.122 e. The van der Waals surface area contributed by atoms with Crippen LogP contribution in [0.15, 0.2) is 24.3 Å². The van der Waals surface area contributed by atoms with Gasteiger partial charge in [-0.2, -0.15) is 0 Å². The van der Waals surface area contributed by atoms with Gasteiger partial charge in [-0.05, 0) is 18.1 Å². The zero-order valence-corrected chi connectivity index (χ0v) is 8.02. The molecule has 0 saturated heterocycles. The topological polar surface area (TPSA) is 55.5 Å². The number of hydrogen-bond donors (Lipinski definition) is 2. The lowest BCUT2D eigenvalue weighted by Gasteiger charge is -2.28. The molecule has 2 rings (SSSR count). The van der Waals surface area contributed by atoms with E-state index in [1.807, 2.05) is 24.3 Å². The maximum absolute atomic E-state index is 9.60. The van der Waals surface area contributed by atoms with Crippen molar-refractivity contribution in [1.82, 2.24) is 0 Å². The van der Waals surface area contributed by atoms with Gasteiger partial charge in [0.15, 0.2) is 0 Å². The molecule has 0 bridgehead atoms. The van der Waals surface area contributed by atoms with Crippen molar-refractivity contribution in [3.8, 4) is 5.75 Å². The highest BCUT2D eigenvalue weighted by Crippen LogP contribution is 2.27. The van der Waals surface area contributed by atoms with E-state index >= 15 is 0 Å². The second-order valence-corrected chi connectivity index (χ2v) is 3.69. The summed E-state index contributed by atoms with van der Waals surface area (Å²) in [4.78, 5) is 0. The minimum Gasteiger partial charge on any atom is -0.493 e. The third-order valence-electron chi connectivity index (χ3n) is 2.69. The molecule has 1 aromatic rings. The summed E-state index contributed by atoms with van der Waals surface area (Å²) >= 11 is 0. The average Bonchev–Trinajstić information content (AvgIpc) is 2.27. The predicted molar refractivity (Wildman–Crippen MR) is 54.2 cm³/mol. The molecule has 0 radical (unpaired) electrons. The first kappa shape index (κ1) is 9.49. The summed E-state index contributed by atoms with van der Waals surface area (Å²) in [5, 5.41) is 9.60. The van der Waals surface area contributed by atoms with Crippen molar-refractivity contribution in [3.63, 3.8) is 0 Å². The van der Waals surface area contributed by atoms with Gasteiger partial charge in [-0.3, -0.25) is 0 Å². The van der Waals surface area contributed by atoms with Crippen LogP contribution in [0.3, 0.4) is 0 Å². The molecule has 0 saturated carbocycles. The molecule has 0 amide bonds. The van der Waals surface area contributed by atoms with Crippen LogP contribution in [0, 0.1) is 5.92 Å². The fraction of sp³-hybridized carbons (Fsp3) is 0.455. The minimum absolute atomic E-state index is 0.134. The quantitative estimate of drug-likeness (QED) is 0.721. The van der Waals surface area contributed by atoms with E-state index in [9.17, 15) is 5.11 Å². The Bertz CT molecular complexity index is 314. The van der Waals surface area contributed by atoms with E-state index in [1.54, 1.807) is 0 Å². The first-order valence-corrected chi connectivity index (χ1v) is 4.90. The van der Waals surface area contributed by atoms with E-state index in [0.717, 1.165) is 17.7 Å². The molecule has 0 fully saturated rings. The Morgan fingerprint density at radius 2 is 2.29 bits per heavy atom. The van der Waals surface area contributed by atoms with Gasteiger partial charge in [0.2, 0.25) is 0 Å². The van der Waals surface area contributed by atoms with Crippen molar-refractivity contribution in [2.45, 2.75) is 12.5 Å². The zero-order chi connectivity index (χ0) is 9.97. The molecule has 2 atom stereocenters. The molecule has 76 valence electrons. The normalized spacial score (nSPS) is 22.3. The second-order valence-electron chi connectivity index (χ2n) is 3.69. The molecule has 0 spiro atoms. The molecule has 3 nitrogen and oxygen atoms in total. The van der Waals surface area contributed by atoms with E-state index in [1.165, 1.54) is 0 Å². The Morgan fingerprint density at radius 3 is 3.07 bits per heavy atom. The highest BCUT2D eigenvalue weighted by Gasteiger charge is 2.24. The molecule has 0 aliphatic carbocycles. The lowest BCUT2D eigenvalue weighted by molar-refractivity contribution is 0.0711. The van der Waals surface area contributed by atoms with Gasteiger partial charge in [-0.25, -0.2) is 0 Å². The molecule has 1 aromatic carbocycles. The van der Waals surface area contributed by atoms with Crippen LogP contribution in [0.25, 0.3) is 0 Å². The van der Waals surface area contributed by atoms with Crippen molar-refractivity contribution in [2.24, 2.45) is 11.7 Å². The van der Waals surface area contributed by atoms with E-state index in [2.05, 4.69) is 0 Å². The molecule has 1 aliphatic rings. The number of benzene rings is 1. The van der Waals surface area contributed by atoms with E-state index in [-0.39, 0.29) is 5.92 Å². The van der Waals surface area contributed by atoms with Gasteiger partial charge in [0.25, 0.3) is 0 Å². The van der Waals surface area contributed by atoms with Crippen molar-refractivity contribution in [1.29, 1.82) is 0 Å². The number of hydrogen-bond acceptors (Lipinski definition) is 3. The number of aliphatic hydroxyl groups excluding tert-OH is 1. The van der Waals surface area contributed by atoms with Gasteiger partial charge in [-0.1, -0.05) is 18.2 Å². The van der Waals surface area contributed by atoms with Gasteiger partial charge in [0.05, 0.1) is 12.7 Å². The Balaban J connectivity index is 2.13. The van der Waals surface area contributed by atoms with Gasteiger partial charge in [-0.15, -0.1) is 0 Å². The van der Waals surface area contributed by atoms with Crippen LogP contribution >= 0.6 is 0 Å². The third-order valence-corrected chi connectivity index (χ3v) is 2.69. The Labute approximate surface area is 83.5 Å². The molecule has 3 N–H and O–H groups in total. The van der Waals surface area contributed by atoms with E-state index in [4.69, 9.17) is 10.5 Å². The lowest BCUT2D eigenvalue weighted by Crippen LogP contribution is -2.36. The Morgan fingerprint density at radius 1 is 1.50 bits per heavy atom. The van der Waals surface area contributed by atoms with Gasteiger partial charge >= 0.3 is 0 Å². The smallest absolute Gasteiger partial charge is 0.122 e. The molecular formula is C11H15NO2. The first-order valence-electron chi connectivity index (χ1n) is 4.90. The molecule has 1 heterocycles. The summed E-state index contributed by atoms with van der Waals surface area (Å²) in [5.41, 5.74) is 6.58. The summed E-state index contributed by atoms with van der Waals surface area (Å²) in [6, 6.07) is 7.93. The highest BCUT2D eigenvalue weighted by atomic mass is 16.5. The summed E-state index contributed by atoms with van der Waals surface area (Å²) in [5.74, 6) is 1.07. The van der Waals surface area contributed by atoms with Crippen LogP contribution in [0.1, 0.15) is 5.56 Å². The standard InChI is InChI=1S/C11H15NO2/c12-6-10(13)9-5-8-3-1-2-4-11(8)14-7-9/h1-4,9-10,13H,5-7,12H2/t9?,10-/m0/s1. The molecule has 1 aliphatic heterocycles. The van der Waals surface area contributed by atoms with E-state index < -0.39 is 6.10 Å². The SMILES string of the molecule is NC[C@H](O)C1COc2ccccc2C1. The third kappa shape index (κ3) is 1.74.